The van der Waals surface area contributed by atoms with Crippen LogP contribution in [0.2, 0.25) is 0 Å². The molecule has 0 spiro atoms. The van der Waals surface area contributed by atoms with E-state index in [0.717, 1.165) is 12.8 Å². The maximum absolute atomic E-state index is 12.5. The van der Waals surface area contributed by atoms with Gasteiger partial charge < -0.3 is 20.2 Å². The van der Waals surface area contributed by atoms with Crippen LogP contribution in [0.1, 0.15) is 26.7 Å². The Kier molecular flexibility index (Phi) is 3.38. The van der Waals surface area contributed by atoms with E-state index >= 15 is 0 Å². The Morgan fingerprint density at radius 2 is 2.11 bits per heavy atom. The van der Waals surface area contributed by atoms with Crippen LogP contribution >= 0.6 is 0 Å². The van der Waals surface area contributed by atoms with Crippen molar-refractivity contribution in [1.82, 2.24) is 15.1 Å². The van der Waals surface area contributed by atoms with E-state index in [1.165, 1.54) is 9.80 Å². The maximum atomic E-state index is 12.5. The van der Waals surface area contributed by atoms with Crippen molar-refractivity contribution in [2.45, 2.75) is 38.3 Å². The summed E-state index contributed by atoms with van der Waals surface area (Å²) in [6.07, 6.45) is 1.67. The molecule has 19 heavy (non-hydrogen) atoms. The summed E-state index contributed by atoms with van der Waals surface area (Å²) in [7, 11) is 0. The molecular weight excluding hydrogens is 250 g/mol. The van der Waals surface area contributed by atoms with Gasteiger partial charge in [-0.15, -0.1) is 0 Å². The Hall–Kier alpha value is -1.79. The van der Waals surface area contributed by atoms with Crippen LogP contribution in [0.15, 0.2) is 0 Å². The molecule has 0 aromatic heterocycles. The van der Waals surface area contributed by atoms with E-state index < -0.39 is 11.5 Å². The van der Waals surface area contributed by atoms with Gasteiger partial charge in [0.05, 0.1) is 0 Å². The standard InChI is InChI=1S/C12H19N3O4/c1-12(2)10(18)13-5-6-15(12)11(19)14(7-9(16)17)8-3-4-8/h8H,3-7H2,1-2H3,(H,13,18)(H,16,17). The van der Waals surface area contributed by atoms with E-state index in [1.54, 1.807) is 13.8 Å². The highest BCUT2D eigenvalue weighted by Crippen LogP contribution is 2.29. The number of piperazine rings is 1. The topological polar surface area (TPSA) is 90.0 Å². The van der Waals surface area contributed by atoms with Gasteiger partial charge in [-0.25, -0.2) is 4.79 Å². The number of carbonyl (C=O) groups is 3. The lowest BCUT2D eigenvalue weighted by Gasteiger charge is -2.43. The summed E-state index contributed by atoms with van der Waals surface area (Å²) in [4.78, 5) is 38.0. The SMILES string of the molecule is CC1(C)C(=O)NCCN1C(=O)N(CC(=O)O)C1CC1. The average molecular weight is 269 g/mol. The second-order valence-corrected chi connectivity index (χ2v) is 5.50. The summed E-state index contributed by atoms with van der Waals surface area (Å²) in [5.74, 6) is -1.24. The summed E-state index contributed by atoms with van der Waals surface area (Å²) >= 11 is 0. The van der Waals surface area contributed by atoms with Crippen molar-refractivity contribution >= 4 is 17.9 Å². The Morgan fingerprint density at radius 3 is 2.63 bits per heavy atom. The fraction of sp³-hybridized carbons (Fsp3) is 0.750. The van der Waals surface area contributed by atoms with E-state index in [-0.39, 0.29) is 24.5 Å². The first-order valence-corrected chi connectivity index (χ1v) is 6.42. The number of amides is 3. The van der Waals surface area contributed by atoms with E-state index in [1.807, 2.05) is 0 Å². The highest BCUT2D eigenvalue weighted by molar-refractivity contribution is 5.92. The lowest BCUT2D eigenvalue weighted by molar-refractivity contribution is -0.138. The summed E-state index contributed by atoms with van der Waals surface area (Å²) in [6, 6.07) is -0.353. The highest BCUT2D eigenvalue weighted by atomic mass is 16.4. The fourth-order valence-electron chi connectivity index (χ4n) is 2.27. The molecule has 0 bridgehead atoms. The third-order valence-corrected chi connectivity index (χ3v) is 3.62. The van der Waals surface area contributed by atoms with Crippen LogP contribution in [0.3, 0.4) is 0 Å². The molecule has 1 saturated carbocycles. The molecule has 0 aromatic rings. The molecule has 0 atom stereocenters. The Labute approximate surface area is 111 Å². The lowest BCUT2D eigenvalue weighted by atomic mass is 9.99. The Bertz CT molecular complexity index is 417. The van der Waals surface area contributed by atoms with Gasteiger partial charge in [-0.05, 0) is 26.7 Å². The van der Waals surface area contributed by atoms with E-state index in [9.17, 15) is 14.4 Å². The second-order valence-electron chi connectivity index (χ2n) is 5.50. The third-order valence-electron chi connectivity index (χ3n) is 3.62. The molecule has 2 fully saturated rings. The zero-order valence-corrected chi connectivity index (χ0v) is 11.2. The van der Waals surface area contributed by atoms with Crippen molar-refractivity contribution in [3.63, 3.8) is 0 Å². The smallest absolute Gasteiger partial charge is 0.323 e. The molecule has 1 heterocycles. The van der Waals surface area contributed by atoms with Crippen molar-refractivity contribution < 1.29 is 19.5 Å². The molecule has 7 nitrogen and oxygen atoms in total. The molecule has 7 heteroatoms. The monoisotopic (exact) mass is 269 g/mol. The number of nitrogens with zero attached hydrogens (tertiary/aromatic N) is 2. The van der Waals surface area contributed by atoms with Crippen LogP contribution in [0.4, 0.5) is 4.79 Å². The zero-order valence-electron chi connectivity index (χ0n) is 11.2. The van der Waals surface area contributed by atoms with Crippen molar-refractivity contribution in [3.05, 3.63) is 0 Å². The number of hydrogen-bond donors (Lipinski definition) is 2. The van der Waals surface area contributed by atoms with E-state index in [0.29, 0.717) is 13.1 Å². The van der Waals surface area contributed by atoms with Crippen LogP contribution < -0.4 is 5.32 Å². The molecule has 2 aliphatic rings. The largest absolute Gasteiger partial charge is 0.480 e. The van der Waals surface area contributed by atoms with Gasteiger partial charge >= 0.3 is 12.0 Å². The lowest BCUT2D eigenvalue weighted by Crippen LogP contribution is -2.66. The Balaban J connectivity index is 2.16. The number of urea groups is 1. The van der Waals surface area contributed by atoms with Gasteiger partial charge in [-0.2, -0.15) is 0 Å². The molecule has 1 aliphatic heterocycles. The highest BCUT2D eigenvalue weighted by Gasteiger charge is 2.45. The van der Waals surface area contributed by atoms with Gasteiger partial charge in [0, 0.05) is 19.1 Å². The third kappa shape index (κ3) is 2.64. The molecule has 1 aliphatic carbocycles. The molecule has 2 N–H and O–H groups in total. The van der Waals surface area contributed by atoms with Crippen LogP contribution in [0.5, 0.6) is 0 Å². The number of aliphatic carboxylic acids is 1. The fourth-order valence-corrected chi connectivity index (χ4v) is 2.27. The number of hydrogen-bond acceptors (Lipinski definition) is 3. The maximum Gasteiger partial charge on any atom is 0.323 e. The van der Waals surface area contributed by atoms with Crippen LogP contribution in [-0.4, -0.2) is 64.0 Å². The van der Waals surface area contributed by atoms with Crippen molar-refractivity contribution in [2.24, 2.45) is 0 Å². The predicted molar refractivity (Wildman–Crippen MR) is 66.6 cm³/mol. The second kappa shape index (κ2) is 4.71. The van der Waals surface area contributed by atoms with Gasteiger partial charge in [0.2, 0.25) is 5.91 Å². The minimum absolute atomic E-state index is 0.00406. The van der Waals surface area contributed by atoms with Crippen LogP contribution in [0, 0.1) is 0 Å². The number of nitrogens with one attached hydrogen (secondary N) is 1. The normalized spacial score (nSPS) is 21.8. The van der Waals surface area contributed by atoms with Crippen molar-refractivity contribution in [2.75, 3.05) is 19.6 Å². The van der Waals surface area contributed by atoms with Gasteiger partial charge in [0.15, 0.2) is 0 Å². The van der Waals surface area contributed by atoms with Gasteiger partial charge in [-0.1, -0.05) is 0 Å². The van der Waals surface area contributed by atoms with Gasteiger partial charge in [0.25, 0.3) is 0 Å². The first-order chi connectivity index (χ1) is 8.84. The van der Waals surface area contributed by atoms with Crippen molar-refractivity contribution in [1.29, 1.82) is 0 Å². The van der Waals surface area contributed by atoms with Crippen LogP contribution in [-0.2, 0) is 9.59 Å². The van der Waals surface area contributed by atoms with E-state index in [2.05, 4.69) is 5.32 Å². The summed E-state index contributed by atoms with van der Waals surface area (Å²) < 4.78 is 0. The average Bonchev–Trinajstić information content (AvgIpc) is 3.12. The predicted octanol–water partition coefficient (Wildman–Crippen LogP) is -0.134. The first-order valence-electron chi connectivity index (χ1n) is 6.42. The summed E-state index contributed by atoms with van der Waals surface area (Å²) in [6.45, 7) is 3.84. The van der Waals surface area contributed by atoms with Crippen molar-refractivity contribution in [3.8, 4) is 0 Å². The number of carboxylic acids is 1. The molecule has 1 saturated heterocycles. The van der Waals surface area contributed by atoms with Gasteiger partial charge in [-0.3, -0.25) is 9.59 Å². The molecule has 106 valence electrons. The van der Waals surface area contributed by atoms with E-state index in [4.69, 9.17) is 5.11 Å². The molecule has 0 unspecified atom stereocenters. The molecule has 2 rings (SSSR count). The summed E-state index contributed by atoms with van der Waals surface area (Å²) in [5.41, 5.74) is -0.943. The minimum Gasteiger partial charge on any atom is -0.480 e. The van der Waals surface area contributed by atoms with Crippen LogP contribution in [0.25, 0.3) is 0 Å². The zero-order chi connectivity index (χ0) is 14.2. The molecule has 0 aromatic carbocycles. The number of carbonyl (C=O) groups excluding carboxylic acids is 2. The number of carboxylic acid groups (broad SMARTS) is 1. The first kappa shape index (κ1) is 13.6. The molecular formula is C12H19N3O4. The van der Waals surface area contributed by atoms with Gasteiger partial charge in [0.1, 0.15) is 12.1 Å². The minimum atomic E-state index is -1.03. The molecule has 0 radical (unpaired) electrons. The quantitative estimate of drug-likeness (QED) is 0.746. The molecule has 3 amide bonds. The Morgan fingerprint density at radius 1 is 1.47 bits per heavy atom. The summed E-state index contributed by atoms with van der Waals surface area (Å²) in [5, 5.41) is 11.6. The number of rotatable bonds is 3.